The Morgan fingerprint density at radius 3 is 2.40 bits per heavy atom. The van der Waals surface area contributed by atoms with Crippen LogP contribution in [0.2, 0.25) is 0 Å². The number of likely N-dealkylation sites (tertiary alicyclic amines) is 2. The first kappa shape index (κ1) is 51.3. The third-order valence-corrected chi connectivity index (χ3v) is 16.6. The molecule has 4 aromatic carbocycles. The molecule has 5 aliphatic rings. The first-order valence-electron chi connectivity index (χ1n) is 26.9. The van der Waals surface area contributed by atoms with Crippen LogP contribution in [0.1, 0.15) is 48.1 Å². The van der Waals surface area contributed by atoms with E-state index in [9.17, 15) is 30.2 Å². The topological polar surface area (TPSA) is 207 Å². The van der Waals surface area contributed by atoms with E-state index in [1.165, 1.54) is 33.2 Å². The SMILES string of the molecule is C=CC(=O)N1CCN(c2nc(OC[C@@H]3C[C@H](N4CCC(C(=O)N5CCN(Cc6ccc(-n7c(O)nnc7-c7cc(C)c(O)cc7O)cc6)CC5)CC4)CN3C)nc3c2CCN(c2cccc4ccccc24)C3)C[C@@H]1CC#N. The van der Waals surface area contributed by atoms with Crippen LogP contribution in [0.25, 0.3) is 27.8 Å². The molecule has 0 spiro atoms. The third-order valence-electron chi connectivity index (χ3n) is 16.6. The molecule has 77 heavy (non-hydrogen) atoms. The third kappa shape index (κ3) is 10.6. The Kier molecular flexibility index (Phi) is 14.7. The number of fused-ring (bicyclic) bond motifs is 2. The molecule has 7 heterocycles. The molecule has 6 aromatic rings. The number of benzene rings is 4. The standard InChI is InChI=1S/C58H67N13O6/c1-4-53(74)70-29-28-69(35-43(70)16-20-59)54-47-19-23-68(50-11-7-9-40-8-5-6-10-46(40)50)36-49(47)60-57(61-54)77-37-45-31-44(34-64(45)3)66-21-17-41(18-22-66)56(75)67-26-24-65(25-27-67)33-39-12-14-42(15-13-39)71-55(62-63-58(71)76)48-30-38(2)51(72)32-52(48)73/h4-15,30,32,41,43-45,72-73H,1,16-19,21-29,31,33-37H2,2-3H3,(H,63,76)/t43-,44-,45-/m0/s1. The predicted octanol–water partition coefficient (Wildman–Crippen LogP) is 5.49. The summed E-state index contributed by atoms with van der Waals surface area (Å²) in [6.45, 7) is 15.1. The van der Waals surface area contributed by atoms with Gasteiger partial charge in [0.2, 0.25) is 11.8 Å². The van der Waals surface area contributed by atoms with Crippen LogP contribution in [0.15, 0.2) is 91.5 Å². The second-order valence-electron chi connectivity index (χ2n) is 21.3. The number of phenolic OH excluding ortho intramolecular Hbond substituents is 2. The van der Waals surface area contributed by atoms with Crippen molar-refractivity contribution in [3.63, 3.8) is 0 Å². The monoisotopic (exact) mass is 1040 g/mol. The Balaban J connectivity index is 0.684. The lowest BCUT2D eigenvalue weighted by Crippen LogP contribution is -2.55. The number of aromatic hydroxyl groups is 3. The summed E-state index contributed by atoms with van der Waals surface area (Å²) < 4.78 is 8.09. The number of hydrogen-bond acceptors (Lipinski definition) is 16. The molecular formula is C58H67N13O6. The minimum atomic E-state index is -0.315. The first-order valence-corrected chi connectivity index (χ1v) is 26.9. The molecule has 3 atom stereocenters. The number of phenols is 2. The fraction of sp³-hybridized carbons (Fsp3) is 0.431. The minimum absolute atomic E-state index is 0.0162. The first-order chi connectivity index (χ1) is 37.4. The van der Waals surface area contributed by atoms with Gasteiger partial charge in [-0.3, -0.25) is 24.3 Å². The van der Waals surface area contributed by atoms with Gasteiger partial charge in [0.05, 0.1) is 42.0 Å². The molecule has 11 rings (SSSR count). The number of rotatable bonds is 13. The van der Waals surface area contributed by atoms with Gasteiger partial charge < -0.3 is 39.7 Å². The molecule has 3 N–H and O–H groups in total. The number of likely N-dealkylation sites (N-methyl/N-ethyl adjacent to an activating group) is 1. The van der Waals surface area contributed by atoms with Crippen LogP contribution < -0.4 is 14.5 Å². The van der Waals surface area contributed by atoms with E-state index in [1.54, 1.807) is 17.9 Å². The summed E-state index contributed by atoms with van der Waals surface area (Å²) in [6, 6.07) is 28.1. The number of aryl methyl sites for hydroxylation is 1. The van der Waals surface area contributed by atoms with Gasteiger partial charge in [0.25, 0.3) is 0 Å². The quantitative estimate of drug-likeness (QED) is 0.122. The van der Waals surface area contributed by atoms with E-state index in [2.05, 4.69) is 102 Å². The zero-order valence-electron chi connectivity index (χ0n) is 43.9. The molecule has 0 saturated carbocycles. The number of nitriles is 1. The van der Waals surface area contributed by atoms with Crippen LogP contribution >= 0.6 is 0 Å². The van der Waals surface area contributed by atoms with Crippen molar-refractivity contribution in [1.82, 2.24) is 49.2 Å². The Hall–Kier alpha value is -7.79. The van der Waals surface area contributed by atoms with Crippen LogP contribution in [-0.4, -0.2) is 180 Å². The highest BCUT2D eigenvalue weighted by molar-refractivity contribution is 5.94. The predicted molar refractivity (Wildman–Crippen MR) is 292 cm³/mol. The van der Waals surface area contributed by atoms with E-state index in [1.807, 2.05) is 24.3 Å². The summed E-state index contributed by atoms with van der Waals surface area (Å²) >= 11 is 0. The van der Waals surface area contributed by atoms with E-state index in [0.29, 0.717) is 74.7 Å². The van der Waals surface area contributed by atoms with Crippen LogP contribution in [-0.2, 0) is 29.1 Å². The van der Waals surface area contributed by atoms with Crippen molar-refractivity contribution in [3.8, 4) is 46.7 Å². The average molecular weight is 1040 g/mol. The maximum Gasteiger partial charge on any atom is 0.319 e. The van der Waals surface area contributed by atoms with Gasteiger partial charge >= 0.3 is 12.0 Å². The molecule has 0 radical (unpaired) electrons. The molecule has 2 amide bonds. The molecule has 19 nitrogen and oxygen atoms in total. The lowest BCUT2D eigenvalue weighted by atomic mass is 9.93. The summed E-state index contributed by atoms with van der Waals surface area (Å²) in [5.74, 6) is 0.985. The molecule has 0 aliphatic carbocycles. The molecule has 0 bridgehead atoms. The van der Waals surface area contributed by atoms with Gasteiger partial charge in [-0.15, -0.1) is 5.10 Å². The number of anilines is 2. The van der Waals surface area contributed by atoms with Gasteiger partial charge in [-0.05, 0) is 99.6 Å². The molecule has 2 aromatic heterocycles. The van der Waals surface area contributed by atoms with Gasteiger partial charge in [-0.2, -0.15) is 15.2 Å². The number of hydrogen-bond donors (Lipinski definition) is 3. The van der Waals surface area contributed by atoms with Crippen molar-refractivity contribution in [1.29, 1.82) is 5.26 Å². The van der Waals surface area contributed by atoms with Crippen LogP contribution in [0, 0.1) is 24.2 Å². The molecule has 5 aliphatic heterocycles. The molecule has 4 fully saturated rings. The number of nitrogens with zero attached hydrogens (tertiary/aromatic N) is 13. The fourth-order valence-electron chi connectivity index (χ4n) is 12.3. The smallest absolute Gasteiger partial charge is 0.319 e. The lowest BCUT2D eigenvalue weighted by molar-refractivity contribution is -0.139. The largest absolute Gasteiger partial charge is 0.508 e. The van der Waals surface area contributed by atoms with Gasteiger partial charge in [-0.1, -0.05) is 60.2 Å². The molecule has 19 heteroatoms. The van der Waals surface area contributed by atoms with Gasteiger partial charge in [0.15, 0.2) is 5.82 Å². The Morgan fingerprint density at radius 1 is 0.844 bits per heavy atom. The number of piperazine rings is 2. The number of amides is 2. The zero-order valence-corrected chi connectivity index (χ0v) is 43.9. The Labute approximate surface area is 448 Å². The van der Waals surface area contributed by atoms with Crippen LogP contribution in [0.5, 0.6) is 23.5 Å². The van der Waals surface area contributed by atoms with E-state index >= 15 is 0 Å². The normalized spacial score (nSPS) is 20.8. The van der Waals surface area contributed by atoms with Crippen LogP contribution in [0.4, 0.5) is 11.5 Å². The molecular weight excluding hydrogens is 975 g/mol. The highest BCUT2D eigenvalue weighted by Crippen LogP contribution is 2.38. The van der Waals surface area contributed by atoms with Gasteiger partial charge in [-0.25, -0.2) is 4.57 Å². The molecule has 4 saturated heterocycles. The van der Waals surface area contributed by atoms with Crippen molar-refractivity contribution in [2.45, 2.75) is 70.2 Å². The van der Waals surface area contributed by atoms with E-state index < -0.39 is 0 Å². The van der Waals surface area contributed by atoms with Crippen LogP contribution in [0.3, 0.4) is 0 Å². The molecule has 0 unspecified atom stereocenters. The molecule has 400 valence electrons. The highest BCUT2D eigenvalue weighted by atomic mass is 16.5. The maximum atomic E-state index is 13.9. The van der Waals surface area contributed by atoms with E-state index in [0.717, 1.165) is 94.1 Å². The van der Waals surface area contributed by atoms with Crippen molar-refractivity contribution in [3.05, 3.63) is 114 Å². The van der Waals surface area contributed by atoms with Gasteiger partial charge in [0.1, 0.15) is 23.9 Å². The summed E-state index contributed by atoms with van der Waals surface area (Å²) in [7, 11) is 2.16. The van der Waals surface area contributed by atoms with Gasteiger partial charge in [0, 0.05) is 106 Å². The number of aromatic nitrogens is 5. The second-order valence-corrected chi connectivity index (χ2v) is 21.3. The average Bonchev–Trinajstić information content (AvgIpc) is 4.06. The fourth-order valence-corrected chi connectivity index (χ4v) is 12.3. The van der Waals surface area contributed by atoms with Crippen molar-refractivity contribution in [2.75, 3.05) is 95.4 Å². The minimum Gasteiger partial charge on any atom is -0.508 e. The Bertz CT molecular complexity index is 3190. The van der Waals surface area contributed by atoms with E-state index in [-0.39, 0.29) is 59.6 Å². The number of carbonyl (C=O) groups is 2. The maximum absolute atomic E-state index is 13.9. The Morgan fingerprint density at radius 2 is 1.62 bits per heavy atom. The summed E-state index contributed by atoms with van der Waals surface area (Å²) in [6.07, 6.45) is 4.91. The summed E-state index contributed by atoms with van der Waals surface area (Å²) in [4.78, 5) is 52.7. The highest BCUT2D eigenvalue weighted by Gasteiger charge is 2.39. The second kappa shape index (κ2) is 22.0. The number of piperidine rings is 1. The summed E-state index contributed by atoms with van der Waals surface area (Å²) in [5.41, 5.74) is 5.80. The number of carbonyl (C=O) groups excluding carboxylic acids is 2. The number of ether oxygens (including phenoxy) is 1. The lowest BCUT2D eigenvalue weighted by Gasteiger charge is -2.42. The van der Waals surface area contributed by atoms with Crippen molar-refractivity contribution >= 4 is 34.1 Å². The van der Waals surface area contributed by atoms with E-state index in [4.69, 9.17) is 14.7 Å². The van der Waals surface area contributed by atoms with Crippen molar-refractivity contribution in [2.24, 2.45) is 5.92 Å². The zero-order chi connectivity index (χ0) is 53.3. The van der Waals surface area contributed by atoms with Crippen molar-refractivity contribution < 1.29 is 29.6 Å². The summed E-state index contributed by atoms with van der Waals surface area (Å²) in [5, 5.41) is 51.3.